The summed E-state index contributed by atoms with van der Waals surface area (Å²) >= 11 is 1.50. The van der Waals surface area contributed by atoms with Gasteiger partial charge in [-0.1, -0.05) is 0 Å². The second kappa shape index (κ2) is 5.61. The van der Waals surface area contributed by atoms with Crippen molar-refractivity contribution in [3.05, 3.63) is 47.8 Å². The summed E-state index contributed by atoms with van der Waals surface area (Å²) in [5.74, 6) is -0.0854. The molecule has 0 amide bonds. The zero-order chi connectivity index (χ0) is 16.7. The Kier molecular flexibility index (Phi) is 3.42. The Morgan fingerprint density at radius 2 is 2.21 bits per heavy atom. The highest BCUT2D eigenvalue weighted by Gasteiger charge is 2.22. The minimum Gasteiger partial charge on any atom is -0.491 e. The number of aromatic carboxylic acids is 1. The Morgan fingerprint density at radius 3 is 3.04 bits per heavy atom. The third-order valence-electron chi connectivity index (χ3n) is 3.84. The number of pyridine rings is 2. The number of hydrogen-bond acceptors (Lipinski definition) is 6. The predicted octanol–water partition coefficient (Wildman–Crippen LogP) is 3.09. The van der Waals surface area contributed by atoms with Gasteiger partial charge in [-0.25, -0.2) is 9.78 Å². The van der Waals surface area contributed by atoms with E-state index >= 15 is 0 Å². The monoisotopic (exact) mass is 339 g/mol. The van der Waals surface area contributed by atoms with Gasteiger partial charge in [0.15, 0.2) is 0 Å². The number of ether oxygens (including phenoxy) is 1. The molecule has 6 nitrogen and oxygen atoms in total. The van der Waals surface area contributed by atoms with Crippen LogP contribution in [0.25, 0.3) is 21.0 Å². The molecule has 0 radical (unpaired) electrons. The Balaban J connectivity index is 1.89. The van der Waals surface area contributed by atoms with Crippen LogP contribution in [0.1, 0.15) is 15.9 Å². The lowest BCUT2D eigenvalue weighted by molar-refractivity contribution is 0.0697. The number of carbonyl (C=O) groups is 1. The van der Waals surface area contributed by atoms with Crippen molar-refractivity contribution < 1.29 is 14.6 Å². The fraction of sp³-hybridized carbons (Fsp3) is 0.118. The average molecular weight is 339 g/mol. The van der Waals surface area contributed by atoms with Crippen molar-refractivity contribution in [3.8, 4) is 26.8 Å². The van der Waals surface area contributed by atoms with E-state index in [9.17, 15) is 9.90 Å². The summed E-state index contributed by atoms with van der Waals surface area (Å²) in [6, 6.07) is 7.11. The molecule has 1 aliphatic rings. The van der Waals surface area contributed by atoms with Crippen molar-refractivity contribution in [2.24, 2.45) is 0 Å². The van der Waals surface area contributed by atoms with E-state index in [1.54, 1.807) is 6.20 Å². The lowest BCUT2D eigenvalue weighted by Crippen LogP contribution is -2.02. The SMILES string of the molecule is Nc1cc(C(=O)O)c(-c2cc3c(s2)-c2ncccc2OCC3)cn1. The number of thiophene rings is 1. The second-order valence-corrected chi connectivity index (χ2v) is 6.43. The van der Waals surface area contributed by atoms with E-state index in [4.69, 9.17) is 10.5 Å². The minimum absolute atomic E-state index is 0.149. The van der Waals surface area contributed by atoms with Gasteiger partial charge in [-0.3, -0.25) is 4.98 Å². The van der Waals surface area contributed by atoms with Gasteiger partial charge in [-0.15, -0.1) is 11.3 Å². The molecule has 0 atom stereocenters. The van der Waals surface area contributed by atoms with E-state index in [1.165, 1.54) is 23.6 Å². The first-order chi connectivity index (χ1) is 11.6. The van der Waals surface area contributed by atoms with Crippen LogP contribution in [0.2, 0.25) is 0 Å². The Bertz CT molecular complexity index is 952. The molecule has 0 fully saturated rings. The smallest absolute Gasteiger partial charge is 0.336 e. The molecular formula is C17H13N3O3S. The number of nitrogens with two attached hydrogens (primary N) is 1. The molecule has 0 spiro atoms. The van der Waals surface area contributed by atoms with Crippen molar-refractivity contribution in [1.82, 2.24) is 9.97 Å². The van der Waals surface area contributed by atoms with Crippen molar-refractivity contribution in [1.29, 1.82) is 0 Å². The second-order valence-electron chi connectivity index (χ2n) is 5.37. The summed E-state index contributed by atoms with van der Waals surface area (Å²) in [4.78, 5) is 21.9. The molecule has 0 aliphatic carbocycles. The standard InChI is InChI=1S/C17H13N3O3S/c18-14-7-10(17(21)22)11(8-20-14)13-6-9-3-5-23-12-2-1-4-19-15(12)16(9)24-13/h1-2,4,6-8H,3,5H2,(H2,18,20)(H,21,22). The first-order valence-electron chi connectivity index (χ1n) is 7.33. The molecule has 3 aromatic rings. The highest BCUT2D eigenvalue weighted by atomic mass is 32.1. The van der Waals surface area contributed by atoms with Crippen LogP contribution >= 0.6 is 11.3 Å². The summed E-state index contributed by atoms with van der Waals surface area (Å²) < 4.78 is 5.73. The number of anilines is 1. The van der Waals surface area contributed by atoms with Gasteiger partial charge < -0.3 is 15.6 Å². The lowest BCUT2D eigenvalue weighted by atomic mass is 10.1. The van der Waals surface area contributed by atoms with Crippen LogP contribution < -0.4 is 10.5 Å². The zero-order valence-corrected chi connectivity index (χ0v) is 13.3. The van der Waals surface area contributed by atoms with Crippen LogP contribution in [0.5, 0.6) is 5.75 Å². The number of fused-ring (bicyclic) bond motifs is 3. The fourth-order valence-electron chi connectivity index (χ4n) is 2.74. The lowest BCUT2D eigenvalue weighted by Gasteiger charge is -2.06. The van der Waals surface area contributed by atoms with Crippen molar-refractivity contribution in [2.45, 2.75) is 6.42 Å². The minimum atomic E-state index is -1.02. The first kappa shape index (κ1) is 14.6. The van der Waals surface area contributed by atoms with Gasteiger partial charge in [0.1, 0.15) is 17.3 Å². The van der Waals surface area contributed by atoms with Crippen LogP contribution in [-0.2, 0) is 6.42 Å². The summed E-state index contributed by atoms with van der Waals surface area (Å²) in [6.45, 7) is 0.563. The summed E-state index contributed by atoms with van der Waals surface area (Å²) in [5.41, 5.74) is 8.23. The molecule has 0 unspecified atom stereocenters. The maximum atomic E-state index is 11.5. The van der Waals surface area contributed by atoms with E-state index in [-0.39, 0.29) is 11.4 Å². The van der Waals surface area contributed by atoms with Gasteiger partial charge in [-0.2, -0.15) is 0 Å². The third kappa shape index (κ3) is 2.39. The number of nitrogen functional groups attached to an aromatic ring is 1. The predicted molar refractivity (Wildman–Crippen MR) is 91.4 cm³/mol. The molecule has 1 aliphatic heterocycles. The van der Waals surface area contributed by atoms with E-state index in [0.29, 0.717) is 12.2 Å². The molecule has 3 aromatic heterocycles. The normalized spacial score (nSPS) is 12.7. The van der Waals surface area contributed by atoms with Gasteiger partial charge in [0.25, 0.3) is 0 Å². The molecule has 120 valence electrons. The Labute approximate surface area is 141 Å². The quantitative estimate of drug-likeness (QED) is 0.744. The summed E-state index contributed by atoms with van der Waals surface area (Å²) in [6.07, 6.45) is 3.98. The van der Waals surface area contributed by atoms with Crippen molar-refractivity contribution >= 4 is 23.1 Å². The van der Waals surface area contributed by atoms with Crippen LogP contribution in [0.4, 0.5) is 5.82 Å². The van der Waals surface area contributed by atoms with Gasteiger partial charge >= 0.3 is 5.97 Å². The molecule has 0 saturated heterocycles. The molecule has 4 rings (SSSR count). The average Bonchev–Trinajstić information content (AvgIpc) is 2.91. The van der Waals surface area contributed by atoms with E-state index in [0.717, 1.165) is 33.2 Å². The number of nitrogens with zero attached hydrogens (tertiary/aromatic N) is 2. The van der Waals surface area contributed by atoms with E-state index < -0.39 is 5.97 Å². The number of carboxylic acids is 1. The van der Waals surface area contributed by atoms with Crippen LogP contribution in [0, 0.1) is 0 Å². The molecule has 0 aromatic carbocycles. The number of hydrogen-bond donors (Lipinski definition) is 2. The van der Waals surface area contributed by atoms with Crippen LogP contribution in [0.3, 0.4) is 0 Å². The van der Waals surface area contributed by atoms with Gasteiger partial charge in [-0.05, 0) is 29.8 Å². The van der Waals surface area contributed by atoms with Crippen LogP contribution in [-0.4, -0.2) is 27.7 Å². The number of rotatable bonds is 2. The van der Waals surface area contributed by atoms with Gasteiger partial charge in [0, 0.05) is 29.3 Å². The highest BCUT2D eigenvalue weighted by Crippen LogP contribution is 2.43. The largest absolute Gasteiger partial charge is 0.491 e. The first-order valence-corrected chi connectivity index (χ1v) is 8.15. The molecule has 0 bridgehead atoms. The summed E-state index contributed by atoms with van der Waals surface area (Å²) in [7, 11) is 0. The molecule has 7 heteroatoms. The molecule has 4 heterocycles. The molecule has 3 N–H and O–H groups in total. The highest BCUT2D eigenvalue weighted by molar-refractivity contribution is 7.19. The maximum Gasteiger partial charge on any atom is 0.336 e. The van der Waals surface area contributed by atoms with E-state index in [1.807, 2.05) is 18.2 Å². The van der Waals surface area contributed by atoms with Crippen molar-refractivity contribution in [3.63, 3.8) is 0 Å². The topological polar surface area (TPSA) is 98.3 Å². The molecular weight excluding hydrogens is 326 g/mol. The van der Waals surface area contributed by atoms with Gasteiger partial charge in [0.2, 0.25) is 0 Å². The third-order valence-corrected chi connectivity index (χ3v) is 5.06. The number of carboxylic acid groups (broad SMARTS) is 1. The van der Waals surface area contributed by atoms with Gasteiger partial charge in [0.05, 0.1) is 17.0 Å². The Hall–Kier alpha value is -2.93. The zero-order valence-electron chi connectivity index (χ0n) is 12.5. The maximum absolute atomic E-state index is 11.5. The van der Waals surface area contributed by atoms with E-state index in [2.05, 4.69) is 9.97 Å². The molecule has 0 saturated carbocycles. The summed E-state index contributed by atoms with van der Waals surface area (Å²) in [5, 5.41) is 9.45. The van der Waals surface area contributed by atoms with Crippen LogP contribution in [0.15, 0.2) is 36.7 Å². The molecule has 24 heavy (non-hydrogen) atoms. The number of aromatic nitrogens is 2. The van der Waals surface area contributed by atoms with Crippen molar-refractivity contribution in [2.75, 3.05) is 12.3 Å². The fourth-order valence-corrected chi connectivity index (χ4v) is 3.98. The Morgan fingerprint density at radius 1 is 1.33 bits per heavy atom.